The van der Waals surface area contributed by atoms with Crippen LogP contribution in [-0.2, 0) is 6.54 Å². The summed E-state index contributed by atoms with van der Waals surface area (Å²) in [5.74, 6) is 1.81. The molecule has 0 atom stereocenters. The van der Waals surface area contributed by atoms with Gasteiger partial charge < -0.3 is 10.5 Å². The summed E-state index contributed by atoms with van der Waals surface area (Å²) in [5, 5.41) is 4.37. The lowest BCUT2D eigenvalue weighted by molar-refractivity contribution is 0.412. The van der Waals surface area contributed by atoms with Gasteiger partial charge in [0.25, 0.3) is 0 Å². The van der Waals surface area contributed by atoms with Gasteiger partial charge in [0, 0.05) is 11.0 Å². The van der Waals surface area contributed by atoms with E-state index in [0.29, 0.717) is 17.5 Å². The van der Waals surface area contributed by atoms with Gasteiger partial charge in [-0.15, -0.1) is 0 Å². The maximum absolute atomic E-state index is 6.07. The summed E-state index contributed by atoms with van der Waals surface area (Å²) in [5.41, 5.74) is 8.60. The van der Waals surface area contributed by atoms with Gasteiger partial charge in [0.05, 0.1) is 5.69 Å². The number of aryl methyl sites for hydroxylation is 2. The van der Waals surface area contributed by atoms with Gasteiger partial charge in [0.1, 0.15) is 11.4 Å². The standard InChI is InChI=1S/C15H20BrN3O/c1-5-19-15(14(17)10(4)18-19)20-13-7-6-11(16)8-12(13)9(2)3/h6-9H,5,17H2,1-4H3. The van der Waals surface area contributed by atoms with E-state index in [1.807, 2.05) is 26.0 Å². The molecule has 4 nitrogen and oxygen atoms in total. The summed E-state index contributed by atoms with van der Waals surface area (Å²) in [4.78, 5) is 0. The van der Waals surface area contributed by atoms with E-state index in [0.717, 1.165) is 28.0 Å². The molecule has 0 fully saturated rings. The summed E-state index contributed by atoms with van der Waals surface area (Å²) in [7, 11) is 0. The van der Waals surface area contributed by atoms with E-state index in [-0.39, 0.29) is 0 Å². The number of hydrogen-bond donors (Lipinski definition) is 1. The molecule has 0 spiro atoms. The molecule has 0 saturated heterocycles. The Balaban J connectivity index is 2.45. The largest absolute Gasteiger partial charge is 0.437 e. The first-order chi connectivity index (χ1) is 9.43. The van der Waals surface area contributed by atoms with Gasteiger partial charge in [-0.1, -0.05) is 29.8 Å². The third-order valence-corrected chi connectivity index (χ3v) is 3.72. The van der Waals surface area contributed by atoms with Crippen molar-refractivity contribution in [2.45, 2.75) is 40.2 Å². The van der Waals surface area contributed by atoms with E-state index in [2.05, 4.69) is 40.9 Å². The van der Waals surface area contributed by atoms with E-state index < -0.39 is 0 Å². The molecule has 0 aliphatic carbocycles. The molecule has 1 aromatic heterocycles. The van der Waals surface area contributed by atoms with Crippen LogP contribution < -0.4 is 10.5 Å². The molecular formula is C15H20BrN3O. The zero-order chi connectivity index (χ0) is 14.9. The molecule has 0 aliphatic heterocycles. The molecule has 0 bridgehead atoms. The minimum atomic E-state index is 0.364. The van der Waals surface area contributed by atoms with Gasteiger partial charge in [-0.3, -0.25) is 0 Å². The smallest absolute Gasteiger partial charge is 0.241 e. The minimum Gasteiger partial charge on any atom is -0.437 e. The highest BCUT2D eigenvalue weighted by Gasteiger charge is 2.16. The van der Waals surface area contributed by atoms with Gasteiger partial charge in [0.2, 0.25) is 5.88 Å². The number of halogens is 1. The number of aromatic nitrogens is 2. The third-order valence-electron chi connectivity index (χ3n) is 3.23. The maximum atomic E-state index is 6.07. The van der Waals surface area contributed by atoms with Crippen LogP contribution in [0.3, 0.4) is 0 Å². The number of ether oxygens (including phenoxy) is 1. The van der Waals surface area contributed by atoms with Crippen molar-refractivity contribution in [3.8, 4) is 11.6 Å². The molecule has 20 heavy (non-hydrogen) atoms. The number of nitrogens with two attached hydrogens (primary N) is 1. The molecule has 108 valence electrons. The average Bonchev–Trinajstić information content (AvgIpc) is 2.68. The second kappa shape index (κ2) is 5.87. The molecule has 5 heteroatoms. The molecule has 1 heterocycles. The Bertz CT molecular complexity index is 620. The summed E-state index contributed by atoms with van der Waals surface area (Å²) in [6.45, 7) is 8.91. The van der Waals surface area contributed by atoms with E-state index >= 15 is 0 Å². The SMILES string of the molecule is CCn1nc(C)c(N)c1Oc1ccc(Br)cc1C(C)C. The van der Waals surface area contributed by atoms with Crippen molar-refractivity contribution < 1.29 is 4.74 Å². The average molecular weight is 338 g/mol. The first kappa shape index (κ1) is 14.9. The minimum absolute atomic E-state index is 0.364. The van der Waals surface area contributed by atoms with Crippen molar-refractivity contribution >= 4 is 21.6 Å². The van der Waals surface area contributed by atoms with Crippen LogP contribution in [0.25, 0.3) is 0 Å². The first-order valence-electron chi connectivity index (χ1n) is 6.74. The summed E-state index contributed by atoms with van der Waals surface area (Å²) in [6.07, 6.45) is 0. The second-order valence-electron chi connectivity index (χ2n) is 5.06. The van der Waals surface area contributed by atoms with Crippen molar-refractivity contribution in [1.82, 2.24) is 9.78 Å². The predicted octanol–water partition coefficient (Wildman–Crippen LogP) is 4.47. The van der Waals surface area contributed by atoms with Crippen LogP contribution in [0.1, 0.15) is 37.9 Å². The Labute approximate surface area is 128 Å². The monoisotopic (exact) mass is 337 g/mol. The van der Waals surface area contributed by atoms with Crippen LogP contribution in [0, 0.1) is 6.92 Å². The maximum Gasteiger partial charge on any atom is 0.241 e. The highest BCUT2D eigenvalue weighted by atomic mass is 79.9. The fourth-order valence-electron chi connectivity index (χ4n) is 2.06. The molecule has 0 unspecified atom stereocenters. The Morgan fingerprint density at radius 3 is 2.70 bits per heavy atom. The highest BCUT2D eigenvalue weighted by Crippen LogP contribution is 2.35. The quantitative estimate of drug-likeness (QED) is 0.895. The lowest BCUT2D eigenvalue weighted by atomic mass is 10.0. The highest BCUT2D eigenvalue weighted by molar-refractivity contribution is 9.10. The normalized spacial score (nSPS) is 11.1. The molecule has 0 radical (unpaired) electrons. The van der Waals surface area contributed by atoms with E-state index in [9.17, 15) is 0 Å². The number of nitrogen functional groups attached to an aromatic ring is 1. The van der Waals surface area contributed by atoms with Crippen LogP contribution >= 0.6 is 15.9 Å². The summed E-state index contributed by atoms with van der Waals surface area (Å²) < 4.78 is 8.89. The van der Waals surface area contributed by atoms with Crippen LogP contribution in [-0.4, -0.2) is 9.78 Å². The zero-order valence-corrected chi connectivity index (χ0v) is 13.9. The van der Waals surface area contributed by atoms with Crippen LogP contribution in [0.4, 0.5) is 5.69 Å². The molecule has 2 aromatic rings. The van der Waals surface area contributed by atoms with Crippen molar-refractivity contribution in [3.63, 3.8) is 0 Å². The van der Waals surface area contributed by atoms with Crippen LogP contribution in [0.5, 0.6) is 11.6 Å². The van der Waals surface area contributed by atoms with E-state index in [1.165, 1.54) is 0 Å². The lowest BCUT2D eigenvalue weighted by Gasteiger charge is -2.15. The van der Waals surface area contributed by atoms with Gasteiger partial charge >= 0.3 is 0 Å². The van der Waals surface area contributed by atoms with Crippen molar-refractivity contribution in [1.29, 1.82) is 0 Å². The number of benzene rings is 1. The molecule has 0 amide bonds. The van der Waals surface area contributed by atoms with Crippen LogP contribution in [0.15, 0.2) is 22.7 Å². The fourth-order valence-corrected chi connectivity index (χ4v) is 2.44. The topological polar surface area (TPSA) is 53.1 Å². The van der Waals surface area contributed by atoms with Crippen molar-refractivity contribution in [2.24, 2.45) is 0 Å². The third kappa shape index (κ3) is 2.82. The fraction of sp³-hybridized carbons (Fsp3) is 0.400. The summed E-state index contributed by atoms with van der Waals surface area (Å²) in [6, 6.07) is 6.01. The summed E-state index contributed by atoms with van der Waals surface area (Å²) >= 11 is 3.50. The van der Waals surface area contributed by atoms with Gasteiger partial charge in [-0.25, -0.2) is 4.68 Å². The van der Waals surface area contributed by atoms with Gasteiger partial charge in [0.15, 0.2) is 0 Å². The molecule has 0 aliphatic rings. The van der Waals surface area contributed by atoms with Crippen molar-refractivity contribution in [3.05, 3.63) is 33.9 Å². The molecule has 1 aromatic carbocycles. The van der Waals surface area contributed by atoms with E-state index in [1.54, 1.807) is 4.68 Å². The second-order valence-corrected chi connectivity index (χ2v) is 5.97. The molecule has 0 saturated carbocycles. The van der Waals surface area contributed by atoms with Crippen molar-refractivity contribution in [2.75, 3.05) is 5.73 Å². The predicted molar refractivity (Wildman–Crippen MR) is 85.4 cm³/mol. The Morgan fingerprint density at radius 2 is 2.10 bits per heavy atom. The first-order valence-corrected chi connectivity index (χ1v) is 7.53. The van der Waals surface area contributed by atoms with E-state index in [4.69, 9.17) is 10.5 Å². The molecule has 2 N–H and O–H groups in total. The Kier molecular flexibility index (Phi) is 4.38. The van der Waals surface area contributed by atoms with Gasteiger partial charge in [-0.2, -0.15) is 5.10 Å². The lowest BCUT2D eigenvalue weighted by Crippen LogP contribution is -2.02. The molecule has 2 rings (SSSR count). The Hall–Kier alpha value is -1.49. The number of nitrogens with zero attached hydrogens (tertiary/aromatic N) is 2. The van der Waals surface area contributed by atoms with Gasteiger partial charge in [-0.05, 0) is 43.5 Å². The number of anilines is 1. The number of hydrogen-bond acceptors (Lipinski definition) is 3. The van der Waals surface area contributed by atoms with Crippen LogP contribution in [0.2, 0.25) is 0 Å². The Morgan fingerprint density at radius 1 is 1.40 bits per heavy atom. The number of rotatable bonds is 4. The molecular weight excluding hydrogens is 318 g/mol. The zero-order valence-electron chi connectivity index (χ0n) is 12.3.